The number of carbonyl (C=O) groups excluding carboxylic acids is 1. The Balaban J connectivity index is 1.47. The van der Waals surface area contributed by atoms with Crippen molar-refractivity contribution in [1.29, 1.82) is 0 Å². The zero-order chi connectivity index (χ0) is 18.6. The van der Waals surface area contributed by atoms with Crippen molar-refractivity contribution in [3.63, 3.8) is 0 Å². The lowest BCUT2D eigenvalue weighted by Crippen LogP contribution is -2.33. The SMILES string of the molecule is CN(Cc1ccccc1NC(=O)c1n[nH]c2c1CCCC2)C1CCCCC1. The van der Waals surface area contributed by atoms with Gasteiger partial charge in [0.2, 0.25) is 0 Å². The average molecular weight is 367 g/mol. The maximum Gasteiger partial charge on any atom is 0.276 e. The van der Waals surface area contributed by atoms with Crippen molar-refractivity contribution in [2.24, 2.45) is 0 Å². The van der Waals surface area contributed by atoms with Gasteiger partial charge in [-0.25, -0.2) is 0 Å². The monoisotopic (exact) mass is 366 g/mol. The lowest BCUT2D eigenvalue weighted by atomic mass is 9.94. The van der Waals surface area contributed by atoms with Crippen LogP contribution >= 0.6 is 0 Å². The van der Waals surface area contributed by atoms with Gasteiger partial charge in [0.1, 0.15) is 0 Å². The van der Waals surface area contributed by atoms with Crippen LogP contribution in [0.2, 0.25) is 0 Å². The molecule has 2 aliphatic rings. The van der Waals surface area contributed by atoms with E-state index in [9.17, 15) is 4.79 Å². The van der Waals surface area contributed by atoms with E-state index < -0.39 is 0 Å². The number of aromatic nitrogens is 2. The number of nitrogens with one attached hydrogen (secondary N) is 2. The number of para-hydroxylation sites is 1. The summed E-state index contributed by atoms with van der Waals surface area (Å²) in [7, 11) is 2.21. The molecule has 5 heteroatoms. The van der Waals surface area contributed by atoms with E-state index in [0.29, 0.717) is 11.7 Å². The van der Waals surface area contributed by atoms with Crippen molar-refractivity contribution in [1.82, 2.24) is 15.1 Å². The van der Waals surface area contributed by atoms with Crippen molar-refractivity contribution in [3.8, 4) is 0 Å². The maximum absolute atomic E-state index is 12.9. The first kappa shape index (κ1) is 18.2. The minimum atomic E-state index is -0.0952. The summed E-state index contributed by atoms with van der Waals surface area (Å²) >= 11 is 0. The molecule has 1 aromatic heterocycles. The molecule has 5 nitrogen and oxygen atoms in total. The number of benzene rings is 1. The van der Waals surface area contributed by atoms with Gasteiger partial charge in [0.05, 0.1) is 0 Å². The molecule has 0 aliphatic heterocycles. The summed E-state index contributed by atoms with van der Waals surface area (Å²) in [4.78, 5) is 15.3. The summed E-state index contributed by atoms with van der Waals surface area (Å²) in [6.45, 7) is 0.861. The highest BCUT2D eigenvalue weighted by Gasteiger charge is 2.23. The summed E-state index contributed by atoms with van der Waals surface area (Å²) in [5.41, 5.74) is 4.88. The highest BCUT2D eigenvalue weighted by molar-refractivity contribution is 6.04. The van der Waals surface area contributed by atoms with E-state index in [0.717, 1.165) is 42.8 Å². The average Bonchev–Trinajstić information content (AvgIpc) is 3.14. The molecule has 1 heterocycles. The smallest absolute Gasteiger partial charge is 0.276 e. The van der Waals surface area contributed by atoms with Crippen LogP contribution in [0.25, 0.3) is 0 Å². The van der Waals surface area contributed by atoms with Gasteiger partial charge in [0.25, 0.3) is 5.91 Å². The van der Waals surface area contributed by atoms with E-state index in [-0.39, 0.29) is 5.91 Å². The highest BCUT2D eigenvalue weighted by Crippen LogP contribution is 2.26. The van der Waals surface area contributed by atoms with Gasteiger partial charge in [0, 0.05) is 29.5 Å². The number of aromatic amines is 1. The van der Waals surface area contributed by atoms with E-state index in [1.54, 1.807) is 0 Å². The van der Waals surface area contributed by atoms with Crippen LogP contribution in [-0.4, -0.2) is 34.1 Å². The van der Waals surface area contributed by atoms with Gasteiger partial charge in [0.15, 0.2) is 5.69 Å². The molecule has 1 fully saturated rings. The second-order valence-electron chi connectivity index (χ2n) is 8.05. The van der Waals surface area contributed by atoms with Crippen molar-refractivity contribution < 1.29 is 4.79 Å². The molecular weight excluding hydrogens is 336 g/mol. The van der Waals surface area contributed by atoms with Crippen molar-refractivity contribution >= 4 is 11.6 Å². The number of amides is 1. The Morgan fingerprint density at radius 1 is 1.15 bits per heavy atom. The summed E-state index contributed by atoms with van der Waals surface area (Å²) in [5, 5.41) is 10.5. The third-order valence-electron chi connectivity index (χ3n) is 6.15. The molecule has 1 saturated carbocycles. The van der Waals surface area contributed by atoms with E-state index >= 15 is 0 Å². The Labute approximate surface area is 161 Å². The molecule has 0 bridgehead atoms. The molecule has 1 aromatic carbocycles. The molecule has 1 amide bonds. The molecule has 2 aromatic rings. The number of anilines is 1. The molecule has 0 radical (unpaired) electrons. The van der Waals surface area contributed by atoms with Crippen LogP contribution in [0.1, 0.15) is 72.3 Å². The number of carbonyl (C=O) groups is 1. The number of rotatable bonds is 5. The largest absolute Gasteiger partial charge is 0.320 e. The van der Waals surface area contributed by atoms with E-state index in [4.69, 9.17) is 0 Å². The summed E-state index contributed by atoms with van der Waals surface area (Å²) in [6, 6.07) is 8.81. The maximum atomic E-state index is 12.9. The van der Waals surface area contributed by atoms with Gasteiger partial charge in [-0.3, -0.25) is 14.8 Å². The molecule has 0 spiro atoms. The standard InChI is InChI=1S/C22H30N4O/c1-26(17-10-3-2-4-11-17)15-16-9-5-7-13-19(16)23-22(27)21-18-12-6-8-14-20(18)24-25-21/h5,7,9,13,17H,2-4,6,8,10-12,14-15H2,1H3,(H,23,27)(H,24,25). The molecule has 2 N–H and O–H groups in total. The molecule has 2 aliphatic carbocycles. The van der Waals surface area contributed by atoms with Crippen molar-refractivity contribution in [2.75, 3.05) is 12.4 Å². The Kier molecular flexibility index (Phi) is 5.58. The van der Waals surface area contributed by atoms with Crippen LogP contribution in [0, 0.1) is 0 Å². The van der Waals surface area contributed by atoms with E-state index in [1.165, 1.54) is 44.1 Å². The molecular formula is C22H30N4O. The summed E-state index contributed by atoms with van der Waals surface area (Å²) in [6.07, 6.45) is 10.8. The second-order valence-corrected chi connectivity index (χ2v) is 8.05. The van der Waals surface area contributed by atoms with Crippen LogP contribution in [0.15, 0.2) is 24.3 Å². The quantitative estimate of drug-likeness (QED) is 0.829. The van der Waals surface area contributed by atoms with Crippen LogP contribution < -0.4 is 5.32 Å². The Morgan fingerprint density at radius 2 is 1.93 bits per heavy atom. The van der Waals surface area contributed by atoms with Crippen molar-refractivity contribution in [2.45, 2.75) is 70.4 Å². The first-order valence-electron chi connectivity index (χ1n) is 10.4. The third kappa shape index (κ3) is 4.08. The molecule has 144 valence electrons. The van der Waals surface area contributed by atoms with E-state index in [1.807, 2.05) is 12.1 Å². The Morgan fingerprint density at radius 3 is 2.78 bits per heavy atom. The fourth-order valence-electron chi connectivity index (χ4n) is 4.55. The van der Waals surface area contributed by atoms with Crippen molar-refractivity contribution in [3.05, 3.63) is 46.8 Å². The zero-order valence-corrected chi connectivity index (χ0v) is 16.3. The number of aryl methyl sites for hydroxylation is 1. The van der Waals surface area contributed by atoms with Gasteiger partial charge in [-0.05, 0) is 57.2 Å². The fraction of sp³-hybridized carbons (Fsp3) is 0.545. The first-order valence-corrected chi connectivity index (χ1v) is 10.4. The zero-order valence-electron chi connectivity index (χ0n) is 16.3. The number of H-pyrrole nitrogens is 1. The molecule has 4 rings (SSSR count). The molecule has 27 heavy (non-hydrogen) atoms. The fourth-order valence-corrected chi connectivity index (χ4v) is 4.55. The second kappa shape index (κ2) is 8.26. The Bertz CT molecular complexity index is 791. The van der Waals surface area contributed by atoms with Gasteiger partial charge >= 0.3 is 0 Å². The predicted molar refractivity (Wildman–Crippen MR) is 108 cm³/mol. The number of hydrogen-bond donors (Lipinski definition) is 2. The van der Waals surface area contributed by atoms with E-state index in [2.05, 4.69) is 39.6 Å². The summed E-state index contributed by atoms with van der Waals surface area (Å²) < 4.78 is 0. The molecule has 0 unspecified atom stereocenters. The lowest BCUT2D eigenvalue weighted by molar-refractivity contribution is 0.102. The molecule has 0 atom stereocenters. The van der Waals surface area contributed by atoms with Gasteiger partial charge < -0.3 is 5.32 Å². The van der Waals surface area contributed by atoms with Crippen LogP contribution in [0.5, 0.6) is 0 Å². The van der Waals surface area contributed by atoms with Crippen LogP contribution in [0.4, 0.5) is 5.69 Å². The third-order valence-corrected chi connectivity index (χ3v) is 6.15. The topological polar surface area (TPSA) is 61.0 Å². The van der Waals surface area contributed by atoms with Crippen LogP contribution in [-0.2, 0) is 19.4 Å². The molecule has 0 saturated heterocycles. The Hall–Kier alpha value is -2.14. The van der Waals surface area contributed by atoms with Gasteiger partial charge in [-0.2, -0.15) is 5.10 Å². The lowest BCUT2D eigenvalue weighted by Gasteiger charge is -2.31. The normalized spacial score (nSPS) is 17.7. The number of hydrogen-bond acceptors (Lipinski definition) is 3. The summed E-state index contributed by atoms with van der Waals surface area (Å²) in [5.74, 6) is -0.0952. The highest BCUT2D eigenvalue weighted by atomic mass is 16.1. The predicted octanol–water partition coefficient (Wildman–Crippen LogP) is 4.31. The van der Waals surface area contributed by atoms with Crippen LogP contribution in [0.3, 0.4) is 0 Å². The van der Waals surface area contributed by atoms with Gasteiger partial charge in [-0.1, -0.05) is 37.5 Å². The number of nitrogens with zero attached hydrogens (tertiary/aromatic N) is 2. The van der Waals surface area contributed by atoms with Gasteiger partial charge in [-0.15, -0.1) is 0 Å². The number of fused-ring (bicyclic) bond motifs is 1. The first-order chi connectivity index (χ1) is 13.2. The minimum Gasteiger partial charge on any atom is -0.320 e. The minimum absolute atomic E-state index is 0.0952.